The third kappa shape index (κ3) is 3.37. The molecule has 2 fully saturated rings. The minimum atomic E-state index is -3.35. The molecule has 2 rings (SSSR count). The Morgan fingerprint density at radius 2 is 2.00 bits per heavy atom. The van der Waals surface area contributed by atoms with Gasteiger partial charge in [-0.15, -0.1) is 0 Å². The molecule has 2 saturated heterocycles. The first-order valence-corrected chi connectivity index (χ1v) is 7.87. The topological polar surface area (TPSA) is 79.0 Å². The summed E-state index contributed by atoms with van der Waals surface area (Å²) < 4.78 is 32.7. The van der Waals surface area contributed by atoms with E-state index in [-0.39, 0.29) is 12.1 Å². The number of rotatable bonds is 1. The van der Waals surface area contributed by atoms with E-state index in [0.717, 1.165) is 0 Å². The van der Waals surface area contributed by atoms with Crippen LogP contribution in [0.4, 0.5) is 4.79 Å². The van der Waals surface area contributed by atoms with Crippen molar-refractivity contribution in [3.8, 4) is 0 Å². The Balaban J connectivity index is 1.95. The fraction of sp³-hybridized carbons (Fsp3) is 0.909. The molecule has 1 amide bonds. The van der Waals surface area contributed by atoms with Gasteiger partial charge >= 0.3 is 6.09 Å². The predicted molar refractivity (Wildman–Crippen MR) is 69.8 cm³/mol. The molecule has 0 aromatic carbocycles. The summed E-state index contributed by atoms with van der Waals surface area (Å²) in [6.07, 6.45) is 0.278. The lowest BCUT2D eigenvalue weighted by Crippen LogP contribution is -2.42. The molecule has 1 atom stereocenters. The highest BCUT2D eigenvalue weighted by molar-refractivity contribution is 7.87. The van der Waals surface area contributed by atoms with E-state index in [1.165, 1.54) is 4.31 Å². The summed E-state index contributed by atoms with van der Waals surface area (Å²) in [5.41, 5.74) is -0.531. The Labute approximate surface area is 114 Å². The highest BCUT2D eigenvalue weighted by atomic mass is 32.2. The number of nitrogens with zero attached hydrogens (tertiary/aromatic N) is 2. The number of likely N-dealkylation sites (tertiary alicyclic amines) is 1. The van der Waals surface area contributed by atoms with Gasteiger partial charge < -0.3 is 9.64 Å². The van der Waals surface area contributed by atoms with Gasteiger partial charge in [0.25, 0.3) is 10.2 Å². The van der Waals surface area contributed by atoms with Crippen molar-refractivity contribution in [3.05, 3.63) is 0 Å². The molecule has 1 N–H and O–H groups in total. The van der Waals surface area contributed by atoms with Crippen LogP contribution in [0.15, 0.2) is 0 Å². The number of hydrogen-bond donors (Lipinski definition) is 1. The SMILES string of the molecule is CC(C)(C)OC(=O)N1CC[C@H](N2CCNS2(=O)=O)C1. The largest absolute Gasteiger partial charge is 0.444 e. The third-order valence-electron chi connectivity index (χ3n) is 3.15. The van der Waals surface area contributed by atoms with Gasteiger partial charge in [0.1, 0.15) is 5.60 Å². The Morgan fingerprint density at radius 3 is 2.53 bits per heavy atom. The van der Waals surface area contributed by atoms with Crippen molar-refractivity contribution in [1.82, 2.24) is 13.9 Å². The number of carbonyl (C=O) groups excluding carboxylic acids is 1. The maximum atomic E-state index is 11.9. The van der Waals surface area contributed by atoms with Crippen LogP contribution in [0.5, 0.6) is 0 Å². The number of ether oxygens (including phenoxy) is 1. The van der Waals surface area contributed by atoms with Gasteiger partial charge in [-0.1, -0.05) is 0 Å². The zero-order valence-corrected chi connectivity index (χ0v) is 12.4. The summed E-state index contributed by atoms with van der Waals surface area (Å²) in [7, 11) is -3.35. The van der Waals surface area contributed by atoms with Crippen LogP contribution < -0.4 is 4.72 Å². The second kappa shape index (κ2) is 4.92. The molecule has 19 heavy (non-hydrogen) atoms. The molecule has 2 heterocycles. The Hall–Kier alpha value is -0.860. The average Bonchev–Trinajstić information content (AvgIpc) is 2.80. The number of hydrogen-bond acceptors (Lipinski definition) is 4. The minimum absolute atomic E-state index is 0.146. The monoisotopic (exact) mass is 291 g/mol. The molecule has 2 aliphatic heterocycles. The van der Waals surface area contributed by atoms with Gasteiger partial charge in [0, 0.05) is 32.2 Å². The molecule has 0 aromatic rings. The molecule has 0 bridgehead atoms. The summed E-state index contributed by atoms with van der Waals surface area (Å²) in [5.74, 6) is 0. The molecule has 110 valence electrons. The van der Waals surface area contributed by atoms with Crippen LogP contribution in [0, 0.1) is 0 Å². The van der Waals surface area contributed by atoms with Crippen LogP contribution in [0.3, 0.4) is 0 Å². The Bertz CT molecular complexity index is 457. The van der Waals surface area contributed by atoms with Crippen LogP contribution >= 0.6 is 0 Å². The van der Waals surface area contributed by atoms with Crippen molar-refractivity contribution in [2.24, 2.45) is 0 Å². The minimum Gasteiger partial charge on any atom is -0.444 e. The summed E-state index contributed by atoms with van der Waals surface area (Å²) >= 11 is 0. The van der Waals surface area contributed by atoms with E-state index in [4.69, 9.17) is 4.74 Å². The standard InChI is InChI=1S/C11H21N3O4S/c1-11(2,3)18-10(15)13-6-4-9(8-13)14-7-5-12-19(14,16)17/h9,12H,4-8H2,1-3H3/t9-/m0/s1. The highest BCUT2D eigenvalue weighted by Crippen LogP contribution is 2.22. The lowest BCUT2D eigenvalue weighted by molar-refractivity contribution is 0.0287. The normalized spacial score (nSPS) is 27.7. The molecule has 0 unspecified atom stereocenters. The van der Waals surface area contributed by atoms with Crippen molar-refractivity contribution < 1.29 is 17.9 Å². The molecular weight excluding hydrogens is 270 g/mol. The second-order valence-electron chi connectivity index (χ2n) is 5.88. The fourth-order valence-electron chi connectivity index (χ4n) is 2.34. The average molecular weight is 291 g/mol. The van der Waals surface area contributed by atoms with Crippen molar-refractivity contribution in [3.63, 3.8) is 0 Å². The molecule has 0 saturated carbocycles. The lowest BCUT2D eigenvalue weighted by Gasteiger charge is -2.25. The fourth-order valence-corrected chi connectivity index (χ4v) is 3.75. The van der Waals surface area contributed by atoms with Crippen molar-refractivity contribution >= 4 is 16.3 Å². The van der Waals surface area contributed by atoms with Gasteiger partial charge in [-0.2, -0.15) is 12.7 Å². The summed E-state index contributed by atoms with van der Waals surface area (Å²) in [4.78, 5) is 13.5. The summed E-state index contributed by atoms with van der Waals surface area (Å²) in [6.45, 7) is 7.27. The van der Waals surface area contributed by atoms with E-state index < -0.39 is 15.8 Å². The van der Waals surface area contributed by atoms with E-state index in [1.54, 1.807) is 4.90 Å². The Morgan fingerprint density at radius 1 is 1.32 bits per heavy atom. The van der Waals surface area contributed by atoms with Gasteiger partial charge in [-0.05, 0) is 27.2 Å². The van der Waals surface area contributed by atoms with Crippen molar-refractivity contribution in [1.29, 1.82) is 0 Å². The maximum absolute atomic E-state index is 11.9. The predicted octanol–water partition coefficient (Wildman–Crippen LogP) is 0.146. The first kappa shape index (κ1) is 14.5. The molecule has 2 aliphatic rings. The smallest absolute Gasteiger partial charge is 0.410 e. The molecule has 7 nitrogen and oxygen atoms in total. The number of nitrogens with one attached hydrogen (secondary N) is 1. The zero-order chi connectivity index (χ0) is 14.3. The first-order chi connectivity index (χ1) is 8.69. The van der Waals surface area contributed by atoms with Crippen LogP contribution in [-0.2, 0) is 14.9 Å². The number of carbonyl (C=O) groups is 1. The summed E-state index contributed by atoms with van der Waals surface area (Å²) in [5, 5.41) is 0. The third-order valence-corrected chi connectivity index (χ3v) is 4.81. The van der Waals surface area contributed by atoms with Crippen LogP contribution in [0.1, 0.15) is 27.2 Å². The number of amides is 1. The molecule has 0 spiro atoms. The van der Waals surface area contributed by atoms with E-state index in [1.807, 2.05) is 20.8 Å². The molecule has 0 radical (unpaired) electrons. The Kier molecular flexibility index (Phi) is 3.76. The molecular formula is C11H21N3O4S. The van der Waals surface area contributed by atoms with Crippen LogP contribution in [-0.4, -0.2) is 61.5 Å². The first-order valence-electron chi connectivity index (χ1n) is 6.43. The molecule has 8 heteroatoms. The van der Waals surface area contributed by atoms with Gasteiger partial charge in [-0.25, -0.2) is 9.52 Å². The molecule has 0 aromatic heterocycles. The highest BCUT2D eigenvalue weighted by Gasteiger charge is 2.39. The summed E-state index contributed by atoms with van der Waals surface area (Å²) in [6, 6.07) is -0.146. The van der Waals surface area contributed by atoms with E-state index >= 15 is 0 Å². The van der Waals surface area contributed by atoms with Gasteiger partial charge in [-0.3, -0.25) is 0 Å². The van der Waals surface area contributed by atoms with Gasteiger partial charge in [0.15, 0.2) is 0 Å². The van der Waals surface area contributed by atoms with Gasteiger partial charge in [0.2, 0.25) is 0 Å². The van der Waals surface area contributed by atoms with Crippen LogP contribution in [0.25, 0.3) is 0 Å². The zero-order valence-electron chi connectivity index (χ0n) is 11.5. The van der Waals surface area contributed by atoms with E-state index in [0.29, 0.717) is 32.6 Å². The van der Waals surface area contributed by atoms with E-state index in [9.17, 15) is 13.2 Å². The van der Waals surface area contributed by atoms with Gasteiger partial charge in [0.05, 0.1) is 0 Å². The quantitative estimate of drug-likeness (QED) is 0.745. The van der Waals surface area contributed by atoms with E-state index in [2.05, 4.69) is 4.72 Å². The van der Waals surface area contributed by atoms with Crippen molar-refractivity contribution in [2.75, 3.05) is 26.2 Å². The van der Waals surface area contributed by atoms with Crippen molar-refractivity contribution in [2.45, 2.75) is 38.8 Å². The molecule has 0 aliphatic carbocycles. The lowest BCUT2D eigenvalue weighted by atomic mass is 10.2. The second-order valence-corrected chi connectivity index (χ2v) is 7.59. The van der Waals surface area contributed by atoms with Crippen LogP contribution in [0.2, 0.25) is 0 Å². The maximum Gasteiger partial charge on any atom is 0.410 e.